The first kappa shape index (κ1) is 15.9. The quantitative estimate of drug-likeness (QED) is 0.875. The Labute approximate surface area is 145 Å². The fourth-order valence-corrected chi connectivity index (χ4v) is 3.16. The van der Waals surface area contributed by atoms with Crippen LogP contribution in [0.15, 0.2) is 31.1 Å². The zero-order chi connectivity index (χ0) is 17.3. The Morgan fingerprint density at radius 2 is 1.96 bits per heavy atom. The third-order valence-electron chi connectivity index (χ3n) is 4.88. The number of hydrogen-bond donors (Lipinski definition) is 1. The van der Waals surface area contributed by atoms with E-state index >= 15 is 0 Å². The minimum absolute atomic E-state index is 0.0521. The van der Waals surface area contributed by atoms with E-state index in [1.54, 1.807) is 24.4 Å². The smallest absolute Gasteiger partial charge is 0.257 e. The molecule has 4 rings (SSSR count). The molecular weight excluding hydrogens is 320 g/mol. The number of amides is 1. The molecule has 1 saturated heterocycles. The summed E-state index contributed by atoms with van der Waals surface area (Å²) in [5.41, 5.74) is 1.34. The highest BCUT2D eigenvalue weighted by molar-refractivity contribution is 5.93. The number of carbonyl (C=O) groups excluding carboxylic acids is 1. The monoisotopic (exact) mass is 340 g/mol. The summed E-state index contributed by atoms with van der Waals surface area (Å²) in [7, 11) is 1.67. The molecule has 0 aromatic carbocycles. The lowest BCUT2D eigenvalue weighted by atomic mass is 10.1. The zero-order valence-corrected chi connectivity index (χ0v) is 14.1. The van der Waals surface area contributed by atoms with Gasteiger partial charge in [-0.15, -0.1) is 0 Å². The van der Waals surface area contributed by atoms with Crippen LogP contribution >= 0.6 is 0 Å². The Kier molecular flexibility index (Phi) is 4.04. The van der Waals surface area contributed by atoms with Crippen molar-refractivity contribution >= 4 is 11.9 Å². The molecule has 0 spiro atoms. The molecule has 8 nitrogen and oxygen atoms in total. The van der Waals surface area contributed by atoms with Crippen LogP contribution < -0.4 is 5.32 Å². The number of anilines is 1. The van der Waals surface area contributed by atoms with Gasteiger partial charge in [-0.2, -0.15) is 0 Å². The van der Waals surface area contributed by atoms with Crippen molar-refractivity contribution in [3.63, 3.8) is 0 Å². The van der Waals surface area contributed by atoms with Gasteiger partial charge in [-0.05, 0) is 19.3 Å². The number of nitrogens with one attached hydrogen (secondary N) is 1. The second-order valence-electron chi connectivity index (χ2n) is 6.53. The molecule has 8 heteroatoms. The summed E-state index contributed by atoms with van der Waals surface area (Å²) in [5.74, 6) is 0.456. The number of nitrogens with zero attached hydrogens (tertiary/aromatic N) is 5. The molecule has 0 unspecified atom stereocenters. The maximum atomic E-state index is 12.5. The Hall–Kier alpha value is -2.61. The van der Waals surface area contributed by atoms with Gasteiger partial charge in [0.25, 0.3) is 5.91 Å². The average molecular weight is 340 g/mol. The van der Waals surface area contributed by atoms with E-state index < -0.39 is 0 Å². The fourth-order valence-electron chi connectivity index (χ4n) is 3.16. The van der Waals surface area contributed by atoms with Crippen molar-refractivity contribution in [1.82, 2.24) is 24.8 Å². The van der Waals surface area contributed by atoms with Crippen molar-refractivity contribution in [3.8, 4) is 0 Å². The van der Waals surface area contributed by atoms with Gasteiger partial charge in [0.15, 0.2) is 0 Å². The lowest BCUT2D eigenvalue weighted by molar-refractivity contribution is 0.0723. The number of carbonyl (C=O) groups is 1. The predicted octanol–water partition coefficient (Wildman–Crippen LogP) is 1.23. The highest BCUT2D eigenvalue weighted by Gasteiger charge is 2.45. The molecule has 2 aromatic heterocycles. The zero-order valence-electron chi connectivity index (χ0n) is 14.1. The summed E-state index contributed by atoms with van der Waals surface area (Å²) in [6.07, 6.45) is 11.2. The molecular formula is C17H20N6O2. The molecule has 2 aromatic rings. The van der Waals surface area contributed by atoms with Crippen LogP contribution in [0.3, 0.4) is 0 Å². The van der Waals surface area contributed by atoms with Crippen molar-refractivity contribution in [2.24, 2.45) is 0 Å². The third-order valence-corrected chi connectivity index (χ3v) is 4.88. The van der Waals surface area contributed by atoms with E-state index in [4.69, 9.17) is 4.74 Å². The van der Waals surface area contributed by atoms with E-state index in [2.05, 4.69) is 25.3 Å². The standard InChI is InChI=1S/C17H20N6O2/c1-25-14-2-5-23(10-14)15(24)12-6-20-16(21-7-12)22-17(3-4-17)13-8-18-11-19-9-13/h6-9,11,14H,2-5,10H2,1H3,(H,20,21,22)/t14-/m0/s1. The summed E-state index contributed by atoms with van der Waals surface area (Å²) < 4.78 is 5.31. The molecule has 2 aliphatic rings. The Morgan fingerprint density at radius 1 is 1.24 bits per heavy atom. The van der Waals surface area contributed by atoms with Gasteiger partial charge in [-0.25, -0.2) is 19.9 Å². The molecule has 1 amide bonds. The van der Waals surface area contributed by atoms with Crippen molar-refractivity contribution < 1.29 is 9.53 Å². The van der Waals surface area contributed by atoms with Gasteiger partial charge in [0.05, 0.1) is 17.2 Å². The Morgan fingerprint density at radius 3 is 2.56 bits per heavy atom. The second-order valence-corrected chi connectivity index (χ2v) is 6.53. The number of hydrogen-bond acceptors (Lipinski definition) is 7. The van der Waals surface area contributed by atoms with Crippen LogP contribution in [0.2, 0.25) is 0 Å². The Bertz CT molecular complexity index is 747. The van der Waals surface area contributed by atoms with E-state index in [0.29, 0.717) is 24.6 Å². The predicted molar refractivity (Wildman–Crippen MR) is 89.9 cm³/mol. The lowest BCUT2D eigenvalue weighted by Gasteiger charge is -2.18. The van der Waals surface area contributed by atoms with Crippen molar-refractivity contribution in [3.05, 3.63) is 42.2 Å². The lowest BCUT2D eigenvalue weighted by Crippen LogP contribution is -2.30. The van der Waals surface area contributed by atoms with Gasteiger partial charge in [0.2, 0.25) is 5.95 Å². The summed E-state index contributed by atoms with van der Waals surface area (Å²) in [6, 6.07) is 0. The van der Waals surface area contributed by atoms with Gasteiger partial charge in [-0.3, -0.25) is 4.79 Å². The average Bonchev–Trinajstić information content (AvgIpc) is 3.29. The molecule has 0 bridgehead atoms. The van der Waals surface area contributed by atoms with Crippen LogP contribution in [0.5, 0.6) is 0 Å². The highest BCUT2D eigenvalue weighted by Crippen LogP contribution is 2.47. The number of likely N-dealkylation sites (tertiary alicyclic amines) is 1. The number of methoxy groups -OCH3 is 1. The van der Waals surface area contributed by atoms with Crippen LogP contribution in [-0.2, 0) is 10.3 Å². The van der Waals surface area contributed by atoms with Crippen LogP contribution in [0.4, 0.5) is 5.95 Å². The molecule has 130 valence electrons. The number of ether oxygens (including phenoxy) is 1. The molecule has 0 radical (unpaired) electrons. The van der Waals surface area contributed by atoms with Crippen LogP contribution in [0.1, 0.15) is 35.2 Å². The maximum Gasteiger partial charge on any atom is 0.257 e. The first-order chi connectivity index (χ1) is 12.2. The SMILES string of the molecule is CO[C@H]1CCN(C(=O)c2cnc(NC3(c4cncnc4)CC3)nc2)C1. The van der Waals surface area contributed by atoms with Crippen LogP contribution in [0.25, 0.3) is 0 Å². The van der Waals surface area contributed by atoms with E-state index in [1.807, 2.05) is 12.4 Å². The number of aromatic nitrogens is 4. The summed E-state index contributed by atoms with van der Waals surface area (Å²) in [6.45, 7) is 1.32. The summed E-state index contributed by atoms with van der Waals surface area (Å²) in [5, 5.41) is 3.35. The van der Waals surface area contributed by atoms with Gasteiger partial charge in [0, 0.05) is 50.6 Å². The van der Waals surface area contributed by atoms with Crippen molar-refractivity contribution in [2.75, 3.05) is 25.5 Å². The van der Waals surface area contributed by atoms with E-state index in [1.165, 1.54) is 6.33 Å². The molecule has 25 heavy (non-hydrogen) atoms. The highest BCUT2D eigenvalue weighted by atomic mass is 16.5. The summed E-state index contributed by atoms with van der Waals surface area (Å²) >= 11 is 0. The van der Waals surface area contributed by atoms with Crippen LogP contribution in [0, 0.1) is 0 Å². The van der Waals surface area contributed by atoms with E-state index in [9.17, 15) is 4.79 Å². The van der Waals surface area contributed by atoms with Gasteiger partial charge in [-0.1, -0.05) is 0 Å². The van der Waals surface area contributed by atoms with Crippen molar-refractivity contribution in [1.29, 1.82) is 0 Å². The fraction of sp³-hybridized carbons (Fsp3) is 0.471. The van der Waals surface area contributed by atoms with Gasteiger partial charge in [0.1, 0.15) is 6.33 Å². The van der Waals surface area contributed by atoms with Crippen molar-refractivity contribution in [2.45, 2.75) is 30.9 Å². The van der Waals surface area contributed by atoms with E-state index in [0.717, 1.165) is 24.8 Å². The molecule has 2 fully saturated rings. The molecule has 1 atom stereocenters. The third kappa shape index (κ3) is 3.17. The minimum atomic E-state index is -0.187. The number of rotatable bonds is 5. The van der Waals surface area contributed by atoms with Crippen LogP contribution in [-0.4, -0.2) is 57.0 Å². The maximum absolute atomic E-state index is 12.5. The minimum Gasteiger partial charge on any atom is -0.380 e. The molecule has 1 N–H and O–H groups in total. The van der Waals surface area contributed by atoms with E-state index in [-0.39, 0.29) is 17.6 Å². The van der Waals surface area contributed by atoms with Gasteiger partial charge >= 0.3 is 0 Å². The summed E-state index contributed by atoms with van der Waals surface area (Å²) in [4.78, 5) is 31.1. The molecule has 3 heterocycles. The topological polar surface area (TPSA) is 93.1 Å². The first-order valence-corrected chi connectivity index (χ1v) is 8.38. The molecule has 1 aliphatic heterocycles. The molecule has 1 saturated carbocycles. The largest absolute Gasteiger partial charge is 0.380 e. The Balaban J connectivity index is 1.43. The first-order valence-electron chi connectivity index (χ1n) is 8.38. The van der Waals surface area contributed by atoms with Gasteiger partial charge < -0.3 is 15.0 Å². The molecule has 1 aliphatic carbocycles. The second kappa shape index (κ2) is 6.36. The normalized spacial score (nSPS) is 21.2.